The first kappa shape index (κ1) is 15.9. The van der Waals surface area contributed by atoms with E-state index in [-0.39, 0.29) is 5.92 Å². The Morgan fingerprint density at radius 3 is 2.00 bits per heavy atom. The summed E-state index contributed by atoms with van der Waals surface area (Å²) in [6.07, 6.45) is 0. The van der Waals surface area contributed by atoms with Crippen molar-refractivity contribution in [2.24, 2.45) is 10.7 Å². The molecule has 1 aliphatic rings. The zero-order valence-corrected chi connectivity index (χ0v) is 14.1. The van der Waals surface area contributed by atoms with Gasteiger partial charge in [0.2, 0.25) is 0 Å². The lowest BCUT2D eigenvalue weighted by molar-refractivity contribution is 0.455. The first-order valence-corrected chi connectivity index (χ1v) is 9.22. The Kier molecular flexibility index (Phi) is 5.59. The molecule has 0 amide bonds. The highest BCUT2D eigenvalue weighted by molar-refractivity contribution is 7.99. The summed E-state index contributed by atoms with van der Waals surface area (Å²) >= 11 is 1.98. The second kappa shape index (κ2) is 8.06. The van der Waals surface area contributed by atoms with Crippen LogP contribution in [0.2, 0.25) is 0 Å². The summed E-state index contributed by atoms with van der Waals surface area (Å²) in [4.78, 5) is 6.91. The molecule has 0 spiro atoms. The normalized spacial score (nSPS) is 15.9. The molecule has 0 saturated carbocycles. The maximum atomic E-state index is 6.22. The van der Waals surface area contributed by atoms with Gasteiger partial charge in [-0.25, -0.2) is 0 Å². The smallest absolute Gasteiger partial charge is 0.191 e. The number of nitrogens with zero attached hydrogens (tertiary/aromatic N) is 2. The number of guanidine groups is 1. The van der Waals surface area contributed by atoms with Crippen LogP contribution in [0.3, 0.4) is 0 Å². The van der Waals surface area contributed by atoms with E-state index < -0.39 is 0 Å². The van der Waals surface area contributed by atoms with Crippen LogP contribution in [-0.4, -0.2) is 42.0 Å². The van der Waals surface area contributed by atoms with Crippen LogP contribution in [0.5, 0.6) is 0 Å². The lowest BCUT2D eigenvalue weighted by Gasteiger charge is -2.27. The highest BCUT2D eigenvalue weighted by Crippen LogP contribution is 2.24. The Hall–Kier alpha value is -1.94. The molecule has 4 heteroatoms. The highest BCUT2D eigenvalue weighted by Gasteiger charge is 2.16. The molecule has 3 nitrogen and oxygen atoms in total. The molecule has 2 aromatic rings. The molecule has 1 saturated heterocycles. The molecule has 2 N–H and O–H groups in total. The van der Waals surface area contributed by atoms with Gasteiger partial charge in [-0.15, -0.1) is 0 Å². The number of hydrogen-bond acceptors (Lipinski definition) is 2. The van der Waals surface area contributed by atoms with Gasteiger partial charge >= 0.3 is 0 Å². The summed E-state index contributed by atoms with van der Waals surface area (Å²) in [6, 6.07) is 21.1. The molecular weight excluding hydrogens is 302 g/mol. The van der Waals surface area contributed by atoms with Gasteiger partial charge in [-0.2, -0.15) is 11.8 Å². The molecule has 0 radical (unpaired) electrons. The first-order valence-electron chi connectivity index (χ1n) is 8.07. The third-order valence-electron chi connectivity index (χ3n) is 4.17. The quantitative estimate of drug-likeness (QED) is 0.693. The standard InChI is InChI=1S/C19H23N3S/c20-19(22-11-13-23-14-12-22)21-15-18(16-7-3-1-4-8-16)17-9-5-2-6-10-17/h1-10,18H,11-15H2,(H2,20,21). The Morgan fingerprint density at radius 2 is 1.48 bits per heavy atom. The molecule has 1 fully saturated rings. The van der Waals surface area contributed by atoms with E-state index >= 15 is 0 Å². The molecule has 0 bridgehead atoms. The van der Waals surface area contributed by atoms with Crippen molar-refractivity contribution < 1.29 is 0 Å². The van der Waals surface area contributed by atoms with Gasteiger partial charge in [0.25, 0.3) is 0 Å². The number of benzene rings is 2. The summed E-state index contributed by atoms with van der Waals surface area (Å²) in [5, 5.41) is 0. The number of hydrogen-bond donors (Lipinski definition) is 1. The summed E-state index contributed by atoms with van der Waals surface area (Å²) in [5.41, 5.74) is 8.78. The van der Waals surface area contributed by atoms with Crippen LogP contribution in [0.4, 0.5) is 0 Å². The molecule has 0 atom stereocenters. The van der Waals surface area contributed by atoms with Crippen molar-refractivity contribution in [2.75, 3.05) is 31.1 Å². The van der Waals surface area contributed by atoms with Crippen LogP contribution < -0.4 is 5.73 Å². The van der Waals surface area contributed by atoms with Crippen molar-refractivity contribution in [2.45, 2.75) is 5.92 Å². The van der Waals surface area contributed by atoms with Crippen LogP contribution in [0.1, 0.15) is 17.0 Å². The van der Waals surface area contributed by atoms with Gasteiger partial charge in [0, 0.05) is 30.5 Å². The van der Waals surface area contributed by atoms with Crippen molar-refractivity contribution in [1.82, 2.24) is 4.90 Å². The van der Waals surface area contributed by atoms with Gasteiger partial charge in [-0.3, -0.25) is 4.99 Å². The highest BCUT2D eigenvalue weighted by atomic mass is 32.2. The number of thioether (sulfide) groups is 1. The van der Waals surface area contributed by atoms with Crippen molar-refractivity contribution >= 4 is 17.7 Å². The minimum Gasteiger partial charge on any atom is -0.370 e. The maximum absolute atomic E-state index is 6.22. The summed E-state index contributed by atoms with van der Waals surface area (Å²) < 4.78 is 0. The Morgan fingerprint density at radius 1 is 0.957 bits per heavy atom. The van der Waals surface area contributed by atoms with Crippen molar-refractivity contribution in [3.8, 4) is 0 Å². The lowest BCUT2D eigenvalue weighted by Crippen LogP contribution is -2.42. The van der Waals surface area contributed by atoms with E-state index in [4.69, 9.17) is 10.7 Å². The number of nitrogens with two attached hydrogens (primary N) is 1. The summed E-state index contributed by atoms with van der Waals surface area (Å²) in [7, 11) is 0. The van der Waals surface area contributed by atoms with Gasteiger partial charge in [0.15, 0.2) is 5.96 Å². The van der Waals surface area contributed by atoms with Crippen molar-refractivity contribution in [1.29, 1.82) is 0 Å². The van der Waals surface area contributed by atoms with E-state index in [0.29, 0.717) is 12.5 Å². The fourth-order valence-corrected chi connectivity index (χ4v) is 3.75. The zero-order valence-electron chi connectivity index (χ0n) is 13.3. The zero-order chi connectivity index (χ0) is 15.9. The molecular formula is C19H23N3S. The Labute approximate surface area is 142 Å². The van der Waals surface area contributed by atoms with E-state index in [1.165, 1.54) is 11.1 Å². The average Bonchev–Trinajstić information content (AvgIpc) is 2.64. The van der Waals surface area contributed by atoms with Gasteiger partial charge in [0.05, 0.1) is 6.54 Å². The van der Waals surface area contributed by atoms with Gasteiger partial charge < -0.3 is 10.6 Å². The molecule has 2 aromatic carbocycles. The fraction of sp³-hybridized carbons (Fsp3) is 0.316. The maximum Gasteiger partial charge on any atom is 0.191 e. The predicted octanol–water partition coefficient (Wildman–Crippen LogP) is 3.18. The van der Waals surface area contributed by atoms with E-state index in [1.807, 2.05) is 11.8 Å². The minimum atomic E-state index is 0.245. The Bertz CT molecular complexity index is 582. The summed E-state index contributed by atoms with van der Waals surface area (Å²) in [6.45, 7) is 2.69. The minimum absolute atomic E-state index is 0.245. The van der Waals surface area contributed by atoms with Crippen molar-refractivity contribution in [3.63, 3.8) is 0 Å². The molecule has 0 aliphatic carbocycles. The van der Waals surface area contributed by atoms with Crippen LogP contribution in [-0.2, 0) is 0 Å². The van der Waals surface area contributed by atoms with Gasteiger partial charge in [-0.05, 0) is 11.1 Å². The second-order valence-electron chi connectivity index (χ2n) is 5.67. The molecule has 1 aliphatic heterocycles. The van der Waals surface area contributed by atoms with Gasteiger partial charge in [0.1, 0.15) is 0 Å². The van der Waals surface area contributed by atoms with Gasteiger partial charge in [-0.1, -0.05) is 60.7 Å². The van der Waals surface area contributed by atoms with Crippen LogP contribution in [0.25, 0.3) is 0 Å². The molecule has 0 unspecified atom stereocenters. The molecule has 0 aromatic heterocycles. The SMILES string of the molecule is NC(=NCC(c1ccccc1)c1ccccc1)N1CCSCC1. The van der Waals surface area contributed by atoms with E-state index in [1.54, 1.807) is 0 Å². The van der Waals surface area contributed by atoms with E-state index in [2.05, 4.69) is 65.6 Å². The number of aliphatic imine (C=N–C) groups is 1. The first-order chi connectivity index (χ1) is 11.3. The van der Waals surface area contributed by atoms with E-state index in [9.17, 15) is 0 Å². The van der Waals surface area contributed by atoms with Crippen molar-refractivity contribution in [3.05, 3.63) is 71.8 Å². The average molecular weight is 325 g/mol. The third kappa shape index (κ3) is 4.29. The summed E-state index contributed by atoms with van der Waals surface area (Å²) in [5.74, 6) is 3.20. The number of rotatable bonds is 4. The second-order valence-corrected chi connectivity index (χ2v) is 6.90. The molecule has 23 heavy (non-hydrogen) atoms. The lowest BCUT2D eigenvalue weighted by atomic mass is 9.91. The fourth-order valence-electron chi connectivity index (χ4n) is 2.85. The monoisotopic (exact) mass is 325 g/mol. The molecule has 1 heterocycles. The van der Waals surface area contributed by atoms with Crippen LogP contribution in [0, 0.1) is 0 Å². The van der Waals surface area contributed by atoms with Crippen LogP contribution >= 0.6 is 11.8 Å². The predicted molar refractivity (Wildman–Crippen MR) is 100 cm³/mol. The van der Waals surface area contributed by atoms with Crippen LogP contribution in [0.15, 0.2) is 65.7 Å². The topological polar surface area (TPSA) is 41.6 Å². The largest absolute Gasteiger partial charge is 0.370 e. The third-order valence-corrected chi connectivity index (χ3v) is 5.12. The molecule has 120 valence electrons. The molecule has 3 rings (SSSR count). The van der Waals surface area contributed by atoms with E-state index in [0.717, 1.165) is 24.6 Å². The Balaban J connectivity index is 1.79.